The number of alkyl halides is 1. The molecule has 0 radical (unpaired) electrons. The van der Waals surface area contributed by atoms with Crippen LogP contribution in [0.25, 0.3) is 0 Å². The molecule has 0 saturated heterocycles. The lowest BCUT2D eigenvalue weighted by Gasteiger charge is -2.23. The Morgan fingerprint density at radius 3 is 1.95 bits per heavy atom. The van der Waals surface area contributed by atoms with Crippen molar-refractivity contribution >= 4 is 41.0 Å². The van der Waals surface area contributed by atoms with E-state index in [1.54, 1.807) is 44.2 Å². The van der Waals surface area contributed by atoms with Crippen LogP contribution in [0.2, 0.25) is 0 Å². The van der Waals surface area contributed by atoms with E-state index in [9.17, 15) is 9.59 Å². The van der Waals surface area contributed by atoms with Crippen LogP contribution < -0.4 is 0 Å². The highest BCUT2D eigenvalue weighted by Crippen LogP contribution is 2.27. The fourth-order valence-corrected chi connectivity index (χ4v) is 2.17. The van der Waals surface area contributed by atoms with Crippen LogP contribution in [0.15, 0.2) is 34.8 Å². The molecule has 7 heteroatoms. The van der Waals surface area contributed by atoms with E-state index in [1.165, 1.54) is 0 Å². The lowest BCUT2D eigenvalue weighted by atomic mass is 9.95. The summed E-state index contributed by atoms with van der Waals surface area (Å²) in [6, 6.07) is 8.41. The zero-order valence-corrected chi connectivity index (χ0v) is 13.1. The molecule has 0 aliphatic carbocycles. The lowest BCUT2D eigenvalue weighted by Crippen LogP contribution is -2.51. The van der Waals surface area contributed by atoms with Crippen molar-refractivity contribution in [2.24, 2.45) is 4.51 Å². The van der Waals surface area contributed by atoms with Crippen molar-refractivity contribution < 1.29 is 19.1 Å². The molecule has 0 aromatic heterocycles. The second kappa shape index (κ2) is 8.00. The Bertz CT molecular complexity index is 513. The van der Waals surface area contributed by atoms with Crippen LogP contribution in [0.3, 0.4) is 0 Å². The fourth-order valence-electron chi connectivity index (χ4n) is 1.64. The third-order valence-electron chi connectivity index (χ3n) is 2.57. The highest BCUT2D eigenvalue weighted by Gasteiger charge is 2.53. The number of rotatable bonds is 6. The largest absolute Gasteiger partial charge is 0.464 e. The van der Waals surface area contributed by atoms with E-state index in [0.717, 1.165) is 0 Å². The van der Waals surface area contributed by atoms with Gasteiger partial charge in [-0.1, -0.05) is 41.9 Å². The summed E-state index contributed by atoms with van der Waals surface area (Å²) in [7, 11) is 0. The van der Waals surface area contributed by atoms with E-state index in [1.807, 2.05) is 0 Å². The Balaban J connectivity index is 3.34. The average molecular weight is 332 g/mol. The molecular formula is C14H15Cl2NO4. The molecule has 0 atom stereocenters. The first-order chi connectivity index (χ1) is 10.0. The number of carbonyl (C=O) groups is 2. The van der Waals surface area contributed by atoms with Gasteiger partial charge in [0.2, 0.25) is 0 Å². The molecule has 0 bridgehead atoms. The molecule has 0 aliphatic heterocycles. The normalized spacial score (nSPS) is 11.9. The van der Waals surface area contributed by atoms with E-state index in [-0.39, 0.29) is 18.9 Å². The zero-order chi connectivity index (χ0) is 15.9. The van der Waals surface area contributed by atoms with Gasteiger partial charge in [0.25, 0.3) is 4.87 Å². The number of carbonyl (C=O) groups excluding carboxylic acids is 2. The van der Waals surface area contributed by atoms with Gasteiger partial charge in [0, 0.05) is 17.3 Å². The van der Waals surface area contributed by atoms with Gasteiger partial charge in [-0.3, -0.25) is 0 Å². The minimum Gasteiger partial charge on any atom is -0.464 e. The van der Waals surface area contributed by atoms with Gasteiger partial charge >= 0.3 is 11.9 Å². The molecular weight excluding hydrogens is 317 g/mol. The van der Waals surface area contributed by atoms with Crippen LogP contribution in [-0.4, -0.2) is 35.7 Å². The van der Waals surface area contributed by atoms with E-state index >= 15 is 0 Å². The summed E-state index contributed by atoms with van der Waals surface area (Å²) in [6.07, 6.45) is 0. The number of nitrogens with zero attached hydrogens (tertiary/aromatic N) is 1. The van der Waals surface area contributed by atoms with Gasteiger partial charge in [0.05, 0.1) is 13.2 Å². The molecule has 5 nitrogen and oxygen atoms in total. The lowest BCUT2D eigenvalue weighted by molar-refractivity contribution is -0.155. The quantitative estimate of drug-likeness (QED) is 0.348. The summed E-state index contributed by atoms with van der Waals surface area (Å²) in [5.74, 6) is -1.96. The van der Waals surface area contributed by atoms with Gasteiger partial charge in [-0.2, -0.15) is 4.51 Å². The van der Waals surface area contributed by atoms with Crippen molar-refractivity contribution in [2.75, 3.05) is 13.2 Å². The molecule has 0 saturated carbocycles. The van der Waals surface area contributed by atoms with Crippen molar-refractivity contribution in [3.63, 3.8) is 0 Å². The number of benzene rings is 1. The molecule has 21 heavy (non-hydrogen) atoms. The van der Waals surface area contributed by atoms with Gasteiger partial charge in [-0.05, 0) is 13.8 Å². The zero-order valence-electron chi connectivity index (χ0n) is 11.6. The number of hydrogen-bond donors (Lipinski definition) is 0. The summed E-state index contributed by atoms with van der Waals surface area (Å²) < 4.78 is 13.2. The molecule has 0 heterocycles. The van der Waals surface area contributed by atoms with Crippen molar-refractivity contribution in [1.82, 2.24) is 0 Å². The van der Waals surface area contributed by atoms with Crippen LogP contribution in [-0.2, 0) is 19.1 Å². The van der Waals surface area contributed by atoms with Gasteiger partial charge in [0.1, 0.15) is 5.71 Å². The Hall–Kier alpha value is -1.59. The molecule has 0 unspecified atom stereocenters. The average Bonchev–Trinajstić information content (AvgIpc) is 2.49. The third-order valence-corrected chi connectivity index (χ3v) is 3.23. The van der Waals surface area contributed by atoms with Gasteiger partial charge in [-0.25, -0.2) is 9.59 Å². The molecule has 0 aliphatic rings. The highest BCUT2D eigenvalue weighted by atomic mass is 35.5. The van der Waals surface area contributed by atoms with Crippen molar-refractivity contribution in [2.45, 2.75) is 18.7 Å². The fraction of sp³-hybridized carbons (Fsp3) is 0.357. The topological polar surface area (TPSA) is 65.0 Å². The maximum atomic E-state index is 12.2. The van der Waals surface area contributed by atoms with Crippen molar-refractivity contribution in [1.29, 1.82) is 0 Å². The first-order valence-corrected chi connectivity index (χ1v) is 7.02. The maximum absolute atomic E-state index is 12.2. The molecule has 1 aromatic carbocycles. The molecule has 1 aromatic rings. The molecule has 0 spiro atoms. The Labute approximate surface area is 133 Å². The summed E-state index contributed by atoms with van der Waals surface area (Å²) in [4.78, 5) is 22.1. The van der Waals surface area contributed by atoms with Gasteiger partial charge in [-0.15, -0.1) is 0 Å². The van der Waals surface area contributed by atoms with E-state index in [0.29, 0.717) is 5.56 Å². The predicted molar refractivity (Wildman–Crippen MR) is 80.7 cm³/mol. The number of halogens is 2. The van der Waals surface area contributed by atoms with Crippen molar-refractivity contribution in [3.8, 4) is 0 Å². The summed E-state index contributed by atoms with van der Waals surface area (Å²) in [6.45, 7) is 3.30. The van der Waals surface area contributed by atoms with Gasteiger partial charge in [0.15, 0.2) is 0 Å². The van der Waals surface area contributed by atoms with Crippen LogP contribution in [0, 0.1) is 0 Å². The second-order valence-corrected chi connectivity index (χ2v) is 4.63. The standard InChI is InChI=1S/C14H15Cl2NO4/c1-3-20-12(18)14(15,13(19)21-4-2)11(17-16)10-8-6-5-7-9-10/h5-9H,3-4H2,1-2H3/b17-11+. The van der Waals surface area contributed by atoms with Crippen LogP contribution in [0.1, 0.15) is 19.4 Å². The van der Waals surface area contributed by atoms with E-state index in [4.69, 9.17) is 32.9 Å². The monoisotopic (exact) mass is 331 g/mol. The predicted octanol–water partition coefficient (Wildman–Crippen LogP) is 2.73. The SMILES string of the molecule is CCOC(=O)C(Cl)(C(=O)OCC)/C(=N/Cl)c1ccccc1. The van der Waals surface area contributed by atoms with Crippen LogP contribution >= 0.6 is 23.4 Å². The number of ether oxygens (including phenoxy) is 2. The summed E-state index contributed by atoms with van der Waals surface area (Å²) in [5.41, 5.74) is 0.284. The van der Waals surface area contributed by atoms with E-state index in [2.05, 4.69) is 4.51 Å². The first kappa shape index (κ1) is 17.5. The molecule has 0 fully saturated rings. The Morgan fingerprint density at radius 2 is 1.57 bits per heavy atom. The minimum absolute atomic E-state index is 0.0526. The van der Waals surface area contributed by atoms with Crippen LogP contribution in [0.4, 0.5) is 0 Å². The molecule has 0 amide bonds. The third kappa shape index (κ3) is 3.74. The highest BCUT2D eigenvalue weighted by molar-refractivity contribution is 6.59. The smallest absolute Gasteiger partial charge is 0.345 e. The van der Waals surface area contributed by atoms with Gasteiger partial charge < -0.3 is 9.47 Å². The van der Waals surface area contributed by atoms with E-state index < -0.39 is 16.8 Å². The first-order valence-electron chi connectivity index (χ1n) is 6.30. The number of esters is 2. The van der Waals surface area contributed by atoms with Crippen LogP contribution in [0.5, 0.6) is 0 Å². The Kier molecular flexibility index (Phi) is 6.65. The number of hydrogen-bond acceptors (Lipinski definition) is 5. The Morgan fingerprint density at radius 1 is 1.10 bits per heavy atom. The van der Waals surface area contributed by atoms with Crippen molar-refractivity contribution in [3.05, 3.63) is 35.9 Å². The minimum atomic E-state index is -2.24. The second-order valence-electron chi connectivity index (χ2n) is 3.90. The molecule has 114 valence electrons. The summed E-state index contributed by atoms with van der Waals surface area (Å²) in [5, 5.41) is 0. The maximum Gasteiger partial charge on any atom is 0.345 e. The molecule has 0 N–H and O–H groups in total. The summed E-state index contributed by atoms with van der Waals surface area (Å²) >= 11 is 11.8. The molecule has 1 rings (SSSR count).